The number of piperidine rings is 1. The number of carbonyl (C=O) groups excluding carboxylic acids is 2. The van der Waals surface area contributed by atoms with E-state index >= 15 is 0 Å². The summed E-state index contributed by atoms with van der Waals surface area (Å²) in [6.07, 6.45) is 6.41. The fourth-order valence-corrected chi connectivity index (χ4v) is 4.17. The summed E-state index contributed by atoms with van der Waals surface area (Å²) in [6.45, 7) is 3.68. The van der Waals surface area contributed by atoms with Crippen LogP contribution in [0.3, 0.4) is 0 Å². The van der Waals surface area contributed by atoms with Gasteiger partial charge in [0.15, 0.2) is 0 Å². The molecule has 1 saturated carbocycles. The highest BCUT2D eigenvalue weighted by Crippen LogP contribution is 2.32. The van der Waals surface area contributed by atoms with Gasteiger partial charge in [0.25, 0.3) is 0 Å². The molecule has 1 saturated heterocycles. The molecule has 0 spiro atoms. The highest BCUT2D eigenvalue weighted by Gasteiger charge is 2.44. The van der Waals surface area contributed by atoms with E-state index < -0.39 is 17.4 Å². The van der Waals surface area contributed by atoms with Gasteiger partial charge in [-0.3, -0.25) is 4.79 Å². The summed E-state index contributed by atoms with van der Waals surface area (Å²) >= 11 is 0. The van der Waals surface area contributed by atoms with Gasteiger partial charge in [-0.25, -0.2) is 9.18 Å². The fraction of sp³-hybridized carbons (Fsp3) is 0.600. The Morgan fingerprint density at radius 3 is 2.65 bits per heavy atom. The van der Waals surface area contributed by atoms with E-state index in [2.05, 4.69) is 17.6 Å². The highest BCUT2D eigenvalue weighted by molar-refractivity contribution is 5.96. The van der Waals surface area contributed by atoms with Crippen molar-refractivity contribution >= 4 is 17.6 Å². The average Bonchev–Trinajstić information content (AvgIpc) is 2.61. The smallest absolute Gasteiger partial charge is 0.320 e. The predicted molar refractivity (Wildman–Crippen MR) is 99.3 cm³/mol. The number of likely N-dealkylation sites (tertiary alicyclic amines) is 1. The molecule has 0 bridgehead atoms. The van der Waals surface area contributed by atoms with E-state index in [1.807, 2.05) is 4.90 Å². The molecule has 2 fully saturated rings. The fourth-order valence-electron chi connectivity index (χ4n) is 4.17. The summed E-state index contributed by atoms with van der Waals surface area (Å²) in [5, 5.41) is 5.61. The highest BCUT2D eigenvalue weighted by atomic mass is 19.1. The summed E-state index contributed by atoms with van der Waals surface area (Å²) in [6, 6.07) is 5.32. The molecule has 1 aliphatic carbocycles. The van der Waals surface area contributed by atoms with Crippen molar-refractivity contribution in [3.63, 3.8) is 0 Å². The first-order chi connectivity index (χ1) is 12.5. The van der Waals surface area contributed by atoms with Crippen LogP contribution in [0.2, 0.25) is 0 Å². The van der Waals surface area contributed by atoms with E-state index in [-0.39, 0.29) is 5.91 Å². The van der Waals surface area contributed by atoms with Crippen molar-refractivity contribution in [1.29, 1.82) is 0 Å². The first-order valence-electron chi connectivity index (χ1n) is 9.63. The van der Waals surface area contributed by atoms with Gasteiger partial charge in [-0.1, -0.05) is 32.3 Å². The number of carbonyl (C=O) groups is 2. The van der Waals surface area contributed by atoms with Gasteiger partial charge in [-0.2, -0.15) is 0 Å². The monoisotopic (exact) mass is 361 g/mol. The van der Waals surface area contributed by atoms with E-state index in [1.165, 1.54) is 12.1 Å². The Kier molecular flexibility index (Phi) is 5.79. The molecular weight excluding hydrogens is 333 g/mol. The van der Waals surface area contributed by atoms with Crippen LogP contribution in [0.5, 0.6) is 0 Å². The Balaban J connectivity index is 1.72. The molecule has 0 radical (unpaired) electrons. The van der Waals surface area contributed by atoms with E-state index in [4.69, 9.17) is 0 Å². The normalized spacial score (nSPS) is 22.5. The lowest BCUT2D eigenvalue weighted by Crippen LogP contribution is -2.62. The Bertz CT molecular complexity index is 658. The average molecular weight is 361 g/mol. The molecule has 142 valence electrons. The molecule has 2 N–H and O–H groups in total. The molecule has 0 aromatic heterocycles. The second-order valence-corrected chi connectivity index (χ2v) is 7.73. The zero-order valence-corrected chi connectivity index (χ0v) is 15.4. The van der Waals surface area contributed by atoms with Gasteiger partial charge in [0.2, 0.25) is 5.91 Å². The van der Waals surface area contributed by atoms with Crippen LogP contribution in [0, 0.1) is 11.7 Å². The summed E-state index contributed by atoms with van der Waals surface area (Å²) in [5.41, 5.74) is -0.459. The predicted octanol–water partition coefficient (Wildman–Crippen LogP) is 3.91. The first kappa shape index (κ1) is 18.7. The van der Waals surface area contributed by atoms with Crippen LogP contribution in [-0.2, 0) is 4.79 Å². The van der Waals surface area contributed by atoms with Crippen LogP contribution in [0.15, 0.2) is 24.3 Å². The molecule has 1 atom stereocenters. The number of nitrogens with zero attached hydrogens (tertiary/aromatic N) is 1. The number of amides is 3. The van der Waals surface area contributed by atoms with Crippen molar-refractivity contribution in [2.45, 2.75) is 57.4 Å². The summed E-state index contributed by atoms with van der Waals surface area (Å²) in [7, 11) is 0. The molecular formula is C20H28FN3O2. The van der Waals surface area contributed by atoms with Crippen molar-refractivity contribution in [3.05, 3.63) is 30.1 Å². The molecule has 26 heavy (non-hydrogen) atoms. The number of halogens is 1. The number of hydrogen-bond acceptors (Lipinski definition) is 2. The molecule has 3 rings (SSSR count). The maximum absolute atomic E-state index is 13.3. The lowest BCUT2D eigenvalue weighted by atomic mass is 9.80. The Labute approximate surface area is 154 Å². The minimum absolute atomic E-state index is 0.0399. The third kappa shape index (κ3) is 4.34. The maximum Gasteiger partial charge on any atom is 0.320 e. The van der Waals surface area contributed by atoms with Gasteiger partial charge < -0.3 is 15.5 Å². The van der Waals surface area contributed by atoms with E-state index in [0.29, 0.717) is 24.4 Å². The number of urea groups is 1. The van der Waals surface area contributed by atoms with Crippen molar-refractivity contribution in [2.24, 2.45) is 5.92 Å². The molecule has 1 aromatic rings. The topological polar surface area (TPSA) is 61.4 Å². The van der Waals surface area contributed by atoms with Gasteiger partial charge in [-0.15, -0.1) is 0 Å². The minimum Gasteiger partial charge on any atom is -0.340 e. The van der Waals surface area contributed by atoms with Crippen LogP contribution in [0.4, 0.5) is 14.9 Å². The number of benzene rings is 1. The summed E-state index contributed by atoms with van der Waals surface area (Å²) < 4.78 is 13.3. The van der Waals surface area contributed by atoms with Gasteiger partial charge >= 0.3 is 6.03 Å². The lowest BCUT2D eigenvalue weighted by molar-refractivity contribution is -0.141. The van der Waals surface area contributed by atoms with Crippen LogP contribution in [0.1, 0.15) is 51.9 Å². The van der Waals surface area contributed by atoms with Crippen molar-refractivity contribution in [2.75, 3.05) is 18.4 Å². The largest absolute Gasteiger partial charge is 0.340 e. The summed E-state index contributed by atoms with van der Waals surface area (Å²) in [5.74, 6) is 0.126. The maximum atomic E-state index is 13.3. The number of hydrogen-bond donors (Lipinski definition) is 2. The van der Waals surface area contributed by atoms with E-state index in [9.17, 15) is 14.0 Å². The van der Waals surface area contributed by atoms with Crippen LogP contribution >= 0.6 is 0 Å². The Morgan fingerprint density at radius 2 is 1.96 bits per heavy atom. The standard InChI is InChI=1S/C20H28FN3O2/c1-15-7-6-12-24(14-15)18(25)20(10-3-2-4-11-20)23-19(26)22-17-9-5-8-16(21)13-17/h5,8-9,13,15H,2-4,6-7,10-12,14H2,1H3,(H2,22,23,26). The molecule has 1 unspecified atom stereocenters. The van der Waals surface area contributed by atoms with E-state index in [1.54, 1.807) is 12.1 Å². The van der Waals surface area contributed by atoms with Gasteiger partial charge in [0.05, 0.1) is 0 Å². The molecule has 2 aliphatic rings. The molecule has 1 heterocycles. The quantitative estimate of drug-likeness (QED) is 0.857. The van der Waals surface area contributed by atoms with Crippen LogP contribution in [-0.4, -0.2) is 35.5 Å². The van der Waals surface area contributed by atoms with Crippen molar-refractivity contribution in [3.8, 4) is 0 Å². The van der Waals surface area contributed by atoms with Crippen LogP contribution in [0.25, 0.3) is 0 Å². The van der Waals surface area contributed by atoms with Gasteiger partial charge in [0.1, 0.15) is 11.4 Å². The molecule has 1 aromatic carbocycles. The third-order valence-electron chi connectivity index (χ3n) is 5.50. The van der Waals surface area contributed by atoms with Crippen molar-refractivity contribution < 1.29 is 14.0 Å². The minimum atomic E-state index is -0.841. The van der Waals surface area contributed by atoms with Crippen LogP contribution < -0.4 is 10.6 Å². The van der Waals surface area contributed by atoms with Crippen molar-refractivity contribution in [1.82, 2.24) is 10.2 Å². The Morgan fingerprint density at radius 1 is 1.19 bits per heavy atom. The first-order valence-corrected chi connectivity index (χ1v) is 9.63. The van der Waals surface area contributed by atoms with E-state index in [0.717, 1.165) is 45.2 Å². The summed E-state index contributed by atoms with van der Waals surface area (Å²) in [4.78, 5) is 27.7. The number of rotatable bonds is 3. The number of anilines is 1. The SMILES string of the molecule is CC1CCCN(C(=O)C2(NC(=O)Nc3cccc(F)c3)CCCCC2)C1. The molecule has 6 heteroatoms. The molecule has 3 amide bonds. The third-order valence-corrected chi connectivity index (χ3v) is 5.50. The van der Waals surface area contributed by atoms with Gasteiger partial charge in [-0.05, 0) is 49.8 Å². The molecule has 1 aliphatic heterocycles. The molecule has 5 nitrogen and oxygen atoms in total. The zero-order valence-electron chi connectivity index (χ0n) is 15.4. The Hall–Kier alpha value is -2.11. The second kappa shape index (κ2) is 8.06. The van der Waals surface area contributed by atoms with Gasteiger partial charge in [0, 0.05) is 18.8 Å². The number of nitrogens with one attached hydrogen (secondary N) is 2. The zero-order chi connectivity index (χ0) is 18.6. The second-order valence-electron chi connectivity index (χ2n) is 7.73. The lowest BCUT2D eigenvalue weighted by Gasteiger charge is -2.42.